The summed E-state index contributed by atoms with van der Waals surface area (Å²) < 4.78 is 0.842. The Morgan fingerprint density at radius 3 is 2.35 bits per heavy atom. The van der Waals surface area contributed by atoms with Gasteiger partial charge in [0, 0.05) is 28.7 Å². The van der Waals surface area contributed by atoms with Crippen molar-refractivity contribution < 1.29 is 9.90 Å². The summed E-state index contributed by atoms with van der Waals surface area (Å²) in [5.74, 6) is -0.864. The molecule has 1 heterocycles. The fourth-order valence-electron chi connectivity index (χ4n) is 3.62. The first-order valence-electron chi connectivity index (χ1n) is 7.37. The molecule has 1 spiro atoms. The molecule has 0 radical (unpaired) electrons. The molecule has 1 aliphatic heterocycles. The van der Waals surface area contributed by atoms with E-state index >= 15 is 0 Å². The zero-order chi connectivity index (χ0) is 14.2. The molecule has 1 saturated carbocycles. The number of hydrogen-bond acceptors (Lipinski definition) is 2. The van der Waals surface area contributed by atoms with Crippen LogP contribution < -0.4 is 4.90 Å². The van der Waals surface area contributed by atoms with Crippen LogP contribution >= 0.6 is 15.9 Å². The molecule has 1 saturated heterocycles. The maximum Gasteiger partial charge on any atom is 0.335 e. The Kier molecular flexibility index (Phi) is 3.76. The number of carboxylic acids is 1. The molecule has 3 rings (SSSR count). The molecule has 1 aromatic rings. The van der Waals surface area contributed by atoms with Crippen LogP contribution in [0.5, 0.6) is 0 Å². The molecule has 3 nitrogen and oxygen atoms in total. The molecule has 1 aromatic carbocycles. The topological polar surface area (TPSA) is 40.5 Å². The summed E-state index contributed by atoms with van der Waals surface area (Å²) in [6.45, 7) is 2.17. The quantitative estimate of drug-likeness (QED) is 0.874. The van der Waals surface area contributed by atoms with Crippen molar-refractivity contribution >= 4 is 27.6 Å². The largest absolute Gasteiger partial charge is 0.478 e. The van der Waals surface area contributed by atoms with Crippen molar-refractivity contribution in [1.29, 1.82) is 0 Å². The second kappa shape index (κ2) is 5.40. The molecule has 0 amide bonds. The summed E-state index contributed by atoms with van der Waals surface area (Å²) in [6.07, 6.45) is 8.13. The van der Waals surface area contributed by atoms with Gasteiger partial charge in [-0.15, -0.1) is 0 Å². The molecule has 20 heavy (non-hydrogen) atoms. The van der Waals surface area contributed by atoms with Gasteiger partial charge in [-0.1, -0.05) is 41.6 Å². The van der Waals surface area contributed by atoms with E-state index in [2.05, 4.69) is 20.8 Å². The number of hydrogen-bond donors (Lipinski definition) is 1. The lowest BCUT2D eigenvalue weighted by Crippen LogP contribution is -2.56. The Bertz CT molecular complexity index is 513. The van der Waals surface area contributed by atoms with E-state index in [0.717, 1.165) is 23.2 Å². The van der Waals surface area contributed by atoms with Crippen LogP contribution in [-0.2, 0) is 0 Å². The second-order valence-corrected chi connectivity index (χ2v) is 7.19. The standard InChI is InChI=1S/C16H20BrNO2/c17-13-7-12(15(19)20)8-14(9-13)18-10-16(11-18)5-3-1-2-4-6-16/h7-9H,1-6,10-11H2,(H,19,20). The van der Waals surface area contributed by atoms with Gasteiger partial charge in [0.05, 0.1) is 5.56 Å². The van der Waals surface area contributed by atoms with Gasteiger partial charge in [-0.05, 0) is 31.0 Å². The summed E-state index contributed by atoms with van der Waals surface area (Å²) in [6, 6.07) is 5.47. The highest BCUT2D eigenvalue weighted by Gasteiger charge is 2.42. The normalized spacial score (nSPS) is 21.4. The van der Waals surface area contributed by atoms with Gasteiger partial charge >= 0.3 is 5.97 Å². The lowest BCUT2D eigenvalue weighted by Gasteiger charge is -2.51. The van der Waals surface area contributed by atoms with E-state index in [0.29, 0.717) is 11.0 Å². The van der Waals surface area contributed by atoms with E-state index < -0.39 is 5.97 Å². The van der Waals surface area contributed by atoms with Crippen molar-refractivity contribution in [2.24, 2.45) is 5.41 Å². The van der Waals surface area contributed by atoms with Crippen LogP contribution in [0.4, 0.5) is 5.69 Å². The molecule has 0 aromatic heterocycles. The zero-order valence-electron chi connectivity index (χ0n) is 11.6. The minimum absolute atomic E-state index is 0.358. The van der Waals surface area contributed by atoms with E-state index in [9.17, 15) is 4.79 Å². The van der Waals surface area contributed by atoms with Crippen LogP contribution in [0.2, 0.25) is 0 Å². The monoisotopic (exact) mass is 337 g/mol. The molecule has 2 fully saturated rings. The van der Waals surface area contributed by atoms with Gasteiger partial charge in [0.2, 0.25) is 0 Å². The summed E-state index contributed by atoms with van der Waals surface area (Å²) in [7, 11) is 0. The molecule has 0 atom stereocenters. The smallest absolute Gasteiger partial charge is 0.335 e. The lowest BCUT2D eigenvalue weighted by atomic mass is 9.73. The highest BCUT2D eigenvalue weighted by molar-refractivity contribution is 9.10. The van der Waals surface area contributed by atoms with Gasteiger partial charge in [-0.25, -0.2) is 4.79 Å². The molecular weight excluding hydrogens is 318 g/mol. The molecule has 108 valence electrons. The van der Waals surface area contributed by atoms with E-state index in [1.165, 1.54) is 38.5 Å². The Hall–Kier alpha value is -1.03. The average Bonchev–Trinajstić information content (AvgIpc) is 2.61. The molecular formula is C16H20BrNO2. The first kappa shape index (κ1) is 13.9. The highest BCUT2D eigenvalue weighted by atomic mass is 79.9. The predicted octanol–water partition coefficient (Wildman–Crippen LogP) is 4.31. The van der Waals surface area contributed by atoms with Crippen molar-refractivity contribution in [3.8, 4) is 0 Å². The fraction of sp³-hybridized carbons (Fsp3) is 0.562. The molecule has 4 heteroatoms. The van der Waals surface area contributed by atoms with Gasteiger partial charge in [-0.2, -0.15) is 0 Å². The second-order valence-electron chi connectivity index (χ2n) is 6.27. The lowest BCUT2D eigenvalue weighted by molar-refractivity contribution is 0.0697. The minimum atomic E-state index is -0.864. The van der Waals surface area contributed by atoms with E-state index in [4.69, 9.17) is 5.11 Å². The molecule has 0 bridgehead atoms. The maximum atomic E-state index is 11.1. The van der Waals surface area contributed by atoms with Gasteiger partial charge in [0.15, 0.2) is 0 Å². The summed E-state index contributed by atoms with van der Waals surface area (Å²) >= 11 is 3.41. The number of halogens is 1. The van der Waals surface area contributed by atoms with Gasteiger partial charge in [0.25, 0.3) is 0 Å². The zero-order valence-corrected chi connectivity index (χ0v) is 13.2. The number of benzene rings is 1. The number of carboxylic acid groups (broad SMARTS) is 1. The van der Waals surface area contributed by atoms with Gasteiger partial charge in [0.1, 0.15) is 0 Å². The Morgan fingerprint density at radius 2 is 1.75 bits per heavy atom. The van der Waals surface area contributed by atoms with Crippen LogP contribution in [0, 0.1) is 5.41 Å². The number of carbonyl (C=O) groups is 1. The van der Waals surface area contributed by atoms with Crippen molar-refractivity contribution in [2.45, 2.75) is 38.5 Å². The molecule has 1 N–H and O–H groups in total. The van der Waals surface area contributed by atoms with Crippen LogP contribution in [-0.4, -0.2) is 24.2 Å². The summed E-state index contributed by atoms with van der Waals surface area (Å²) in [4.78, 5) is 13.5. The van der Waals surface area contributed by atoms with Crippen LogP contribution in [0.1, 0.15) is 48.9 Å². The van der Waals surface area contributed by atoms with E-state index in [1.807, 2.05) is 6.07 Å². The summed E-state index contributed by atoms with van der Waals surface area (Å²) in [5.41, 5.74) is 1.89. The van der Waals surface area contributed by atoms with Gasteiger partial charge < -0.3 is 10.0 Å². The van der Waals surface area contributed by atoms with Crippen molar-refractivity contribution in [1.82, 2.24) is 0 Å². The number of aromatic carboxylic acids is 1. The minimum Gasteiger partial charge on any atom is -0.478 e. The third-order valence-electron chi connectivity index (χ3n) is 4.71. The number of anilines is 1. The van der Waals surface area contributed by atoms with Crippen molar-refractivity contribution in [3.05, 3.63) is 28.2 Å². The first-order valence-corrected chi connectivity index (χ1v) is 8.16. The Morgan fingerprint density at radius 1 is 1.10 bits per heavy atom. The average molecular weight is 338 g/mol. The van der Waals surface area contributed by atoms with E-state index in [1.54, 1.807) is 12.1 Å². The van der Waals surface area contributed by atoms with Crippen LogP contribution in [0.15, 0.2) is 22.7 Å². The third kappa shape index (κ3) is 2.71. The van der Waals surface area contributed by atoms with Crippen LogP contribution in [0.3, 0.4) is 0 Å². The Balaban J connectivity index is 1.74. The fourth-order valence-corrected chi connectivity index (χ4v) is 4.10. The first-order chi connectivity index (χ1) is 9.58. The van der Waals surface area contributed by atoms with E-state index in [-0.39, 0.29) is 0 Å². The number of nitrogens with zero attached hydrogens (tertiary/aromatic N) is 1. The Labute approximate surface area is 128 Å². The van der Waals surface area contributed by atoms with Crippen molar-refractivity contribution in [2.75, 3.05) is 18.0 Å². The SMILES string of the molecule is O=C(O)c1cc(Br)cc(N2CC3(CCCCCC3)C2)c1. The molecule has 1 aliphatic carbocycles. The predicted molar refractivity (Wildman–Crippen MR) is 83.4 cm³/mol. The maximum absolute atomic E-state index is 11.1. The molecule has 0 unspecified atom stereocenters. The number of rotatable bonds is 2. The van der Waals surface area contributed by atoms with Crippen molar-refractivity contribution in [3.63, 3.8) is 0 Å². The highest BCUT2D eigenvalue weighted by Crippen LogP contribution is 2.44. The third-order valence-corrected chi connectivity index (χ3v) is 5.17. The summed E-state index contributed by atoms with van der Waals surface area (Å²) in [5, 5.41) is 9.15. The van der Waals surface area contributed by atoms with Gasteiger partial charge in [-0.3, -0.25) is 0 Å². The molecule has 2 aliphatic rings. The van der Waals surface area contributed by atoms with Crippen LogP contribution in [0.25, 0.3) is 0 Å².